The summed E-state index contributed by atoms with van der Waals surface area (Å²) in [7, 11) is 0. The maximum absolute atomic E-state index is 11.4. The minimum atomic E-state index is -0.340. The lowest BCUT2D eigenvalue weighted by Gasteiger charge is -2.23. The van der Waals surface area contributed by atoms with Crippen LogP contribution in [0.25, 0.3) is 4.96 Å². The molecule has 0 aliphatic carbocycles. The number of imidazole rings is 1. The van der Waals surface area contributed by atoms with Crippen molar-refractivity contribution in [2.24, 2.45) is 0 Å². The zero-order valence-corrected chi connectivity index (χ0v) is 12.1. The van der Waals surface area contributed by atoms with Gasteiger partial charge in [0.2, 0.25) is 5.82 Å². The largest absolute Gasteiger partial charge is 0.373 e. The van der Waals surface area contributed by atoms with Gasteiger partial charge in [0.15, 0.2) is 0 Å². The SMILES string of the molecule is CCN(CC1CCCN1)c1nc2sccn2c1[N+](=O)[O-]. The van der Waals surface area contributed by atoms with Crippen LogP contribution in [0, 0.1) is 10.1 Å². The zero-order valence-electron chi connectivity index (χ0n) is 11.3. The van der Waals surface area contributed by atoms with Crippen molar-refractivity contribution in [1.82, 2.24) is 14.7 Å². The minimum absolute atomic E-state index is 0.0705. The Balaban J connectivity index is 1.95. The van der Waals surface area contributed by atoms with Crippen molar-refractivity contribution in [2.45, 2.75) is 25.8 Å². The predicted octanol–water partition coefficient (Wildman–Crippen LogP) is 1.88. The Morgan fingerprint density at radius 2 is 2.55 bits per heavy atom. The van der Waals surface area contributed by atoms with E-state index in [1.165, 1.54) is 17.8 Å². The molecule has 3 rings (SSSR count). The van der Waals surface area contributed by atoms with E-state index in [2.05, 4.69) is 10.3 Å². The van der Waals surface area contributed by atoms with Gasteiger partial charge in [-0.3, -0.25) is 0 Å². The standard InChI is InChI=1S/C12H17N5O2S/c1-2-15(8-9-4-3-5-13-9)10-11(17(18)19)16-6-7-20-12(16)14-10/h6-7,9,13H,2-5,8H2,1H3. The van der Waals surface area contributed by atoms with Gasteiger partial charge in [0.25, 0.3) is 4.96 Å². The fourth-order valence-electron chi connectivity index (χ4n) is 2.69. The first-order valence-electron chi connectivity index (χ1n) is 6.79. The summed E-state index contributed by atoms with van der Waals surface area (Å²) in [6.07, 6.45) is 3.99. The van der Waals surface area contributed by atoms with Crippen LogP contribution in [0.2, 0.25) is 0 Å². The average molecular weight is 295 g/mol. The molecule has 1 fully saturated rings. The Kier molecular flexibility index (Phi) is 3.58. The molecule has 2 aromatic heterocycles. The number of aromatic nitrogens is 2. The monoisotopic (exact) mass is 295 g/mol. The molecule has 1 saturated heterocycles. The van der Waals surface area contributed by atoms with Gasteiger partial charge in [-0.15, -0.1) is 0 Å². The summed E-state index contributed by atoms with van der Waals surface area (Å²) in [5.41, 5.74) is 0. The summed E-state index contributed by atoms with van der Waals surface area (Å²) in [6.45, 7) is 4.51. The molecule has 0 aromatic carbocycles. The summed E-state index contributed by atoms with van der Waals surface area (Å²) in [5, 5.41) is 16.6. The van der Waals surface area contributed by atoms with Crippen LogP contribution in [-0.4, -0.2) is 40.0 Å². The van der Waals surface area contributed by atoms with E-state index in [1.807, 2.05) is 17.2 Å². The molecule has 0 radical (unpaired) electrons. The van der Waals surface area contributed by atoms with Gasteiger partial charge in [-0.05, 0) is 31.2 Å². The molecule has 2 aromatic rings. The van der Waals surface area contributed by atoms with Crippen LogP contribution in [0.5, 0.6) is 0 Å². The average Bonchev–Trinajstić information content (AvgIpc) is 3.11. The summed E-state index contributed by atoms with van der Waals surface area (Å²) < 4.78 is 1.56. The van der Waals surface area contributed by atoms with Crippen molar-refractivity contribution < 1.29 is 4.92 Å². The lowest BCUT2D eigenvalue weighted by molar-refractivity contribution is -0.389. The molecule has 1 atom stereocenters. The van der Waals surface area contributed by atoms with E-state index in [0.717, 1.165) is 19.5 Å². The highest BCUT2D eigenvalue weighted by Crippen LogP contribution is 2.31. The Hall–Kier alpha value is -1.67. The van der Waals surface area contributed by atoms with Gasteiger partial charge in [0.05, 0.1) is 0 Å². The van der Waals surface area contributed by atoms with E-state index in [4.69, 9.17) is 0 Å². The van der Waals surface area contributed by atoms with Crippen LogP contribution < -0.4 is 10.2 Å². The van der Waals surface area contributed by atoms with Crippen LogP contribution in [0.4, 0.5) is 11.6 Å². The number of thiazole rings is 1. The second kappa shape index (κ2) is 5.37. The number of anilines is 1. The Morgan fingerprint density at radius 1 is 1.70 bits per heavy atom. The third-order valence-corrected chi connectivity index (χ3v) is 4.43. The van der Waals surface area contributed by atoms with Crippen LogP contribution in [0.15, 0.2) is 11.6 Å². The van der Waals surface area contributed by atoms with Crippen molar-refractivity contribution >= 4 is 27.9 Å². The van der Waals surface area contributed by atoms with Gasteiger partial charge >= 0.3 is 5.82 Å². The van der Waals surface area contributed by atoms with Crippen LogP contribution in [-0.2, 0) is 0 Å². The minimum Gasteiger partial charge on any atom is -0.358 e. The van der Waals surface area contributed by atoms with E-state index in [0.29, 0.717) is 23.4 Å². The van der Waals surface area contributed by atoms with E-state index in [1.54, 1.807) is 10.6 Å². The topological polar surface area (TPSA) is 75.7 Å². The third kappa shape index (κ3) is 2.25. The smallest absolute Gasteiger partial charge is 0.358 e. The van der Waals surface area contributed by atoms with Gasteiger partial charge in [0.1, 0.15) is 6.20 Å². The second-order valence-corrected chi connectivity index (χ2v) is 5.78. The van der Waals surface area contributed by atoms with Crippen molar-refractivity contribution in [3.05, 3.63) is 21.7 Å². The Bertz CT molecular complexity index is 616. The third-order valence-electron chi connectivity index (χ3n) is 3.68. The normalized spacial score (nSPS) is 18.8. The molecule has 3 heterocycles. The molecule has 1 aliphatic heterocycles. The van der Waals surface area contributed by atoms with Gasteiger partial charge in [-0.2, -0.15) is 9.38 Å². The highest BCUT2D eigenvalue weighted by Gasteiger charge is 2.29. The fraction of sp³-hybridized carbons (Fsp3) is 0.583. The highest BCUT2D eigenvalue weighted by atomic mass is 32.1. The second-order valence-electron chi connectivity index (χ2n) is 4.90. The number of hydrogen-bond donors (Lipinski definition) is 1. The number of likely N-dealkylation sites (N-methyl/N-ethyl adjacent to an activating group) is 1. The maximum atomic E-state index is 11.4. The molecule has 0 amide bonds. The predicted molar refractivity (Wildman–Crippen MR) is 78.6 cm³/mol. The van der Waals surface area contributed by atoms with Crippen LogP contribution in [0.1, 0.15) is 19.8 Å². The molecule has 20 heavy (non-hydrogen) atoms. The molecule has 1 N–H and O–H groups in total. The van der Waals surface area contributed by atoms with Crippen LogP contribution >= 0.6 is 11.3 Å². The van der Waals surface area contributed by atoms with E-state index in [-0.39, 0.29) is 10.7 Å². The van der Waals surface area contributed by atoms with Gasteiger partial charge in [-0.1, -0.05) is 11.3 Å². The van der Waals surface area contributed by atoms with Gasteiger partial charge < -0.3 is 20.3 Å². The first-order chi connectivity index (χ1) is 9.70. The number of nitro groups is 1. The van der Waals surface area contributed by atoms with Crippen molar-refractivity contribution in [1.29, 1.82) is 0 Å². The first-order valence-corrected chi connectivity index (χ1v) is 7.67. The highest BCUT2D eigenvalue weighted by molar-refractivity contribution is 7.15. The van der Waals surface area contributed by atoms with E-state index < -0.39 is 0 Å². The lowest BCUT2D eigenvalue weighted by atomic mass is 10.2. The lowest BCUT2D eigenvalue weighted by Crippen LogP contribution is -2.38. The summed E-state index contributed by atoms with van der Waals surface area (Å²) in [4.78, 5) is 18.1. The molecule has 8 heteroatoms. The van der Waals surface area contributed by atoms with Crippen molar-refractivity contribution in [3.63, 3.8) is 0 Å². The number of rotatable bonds is 5. The Labute approximate surface area is 120 Å². The maximum Gasteiger partial charge on any atom is 0.373 e. The summed E-state index contributed by atoms with van der Waals surface area (Å²) >= 11 is 1.42. The molecule has 1 unspecified atom stereocenters. The van der Waals surface area contributed by atoms with Crippen molar-refractivity contribution in [2.75, 3.05) is 24.5 Å². The molecule has 0 spiro atoms. The molecule has 1 aliphatic rings. The number of hydrogen-bond acceptors (Lipinski definition) is 6. The summed E-state index contributed by atoms with van der Waals surface area (Å²) in [6, 6.07) is 0.397. The van der Waals surface area contributed by atoms with E-state index in [9.17, 15) is 10.1 Å². The molecule has 7 nitrogen and oxygen atoms in total. The molecule has 0 saturated carbocycles. The Morgan fingerprint density at radius 3 is 3.20 bits per heavy atom. The van der Waals surface area contributed by atoms with E-state index >= 15 is 0 Å². The fourth-order valence-corrected chi connectivity index (χ4v) is 3.39. The van der Waals surface area contributed by atoms with Crippen molar-refractivity contribution in [3.8, 4) is 0 Å². The summed E-state index contributed by atoms with van der Waals surface area (Å²) in [5.74, 6) is 0.555. The number of nitrogens with zero attached hydrogens (tertiary/aromatic N) is 4. The molecular formula is C12H17N5O2S. The first kappa shape index (κ1) is 13.3. The van der Waals surface area contributed by atoms with Gasteiger partial charge in [0, 0.05) is 24.5 Å². The van der Waals surface area contributed by atoms with Gasteiger partial charge in [-0.25, -0.2) is 0 Å². The van der Waals surface area contributed by atoms with Crippen LogP contribution in [0.3, 0.4) is 0 Å². The molecule has 0 bridgehead atoms. The number of fused-ring (bicyclic) bond motifs is 1. The zero-order chi connectivity index (χ0) is 14.1. The number of nitrogens with one attached hydrogen (secondary N) is 1. The molecular weight excluding hydrogens is 278 g/mol. The molecule has 108 valence electrons. The quantitative estimate of drug-likeness (QED) is 0.673.